The molecule has 2 heterocycles. The zero-order chi connectivity index (χ0) is 13.7. The van der Waals surface area contributed by atoms with E-state index in [9.17, 15) is 4.79 Å². The van der Waals surface area contributed by atoms with Gasteiger partial charge in [-0.15, -0.1) is 0 Å². The summed E-state index contributed by atoms with van der Waals surface area (Å²) in [5, 5.41) is 6.59. The summed E-state index contributed by atoms with van der Waals surface area (Å²) in [6.45, 7) is 3.58. The van der Waals surface area contributed by atoms with Gasteiger partial charge in [-0.3, -0.25) is 5.32 Å². The largest absolute Gasteiger partial charge is 0.338 e. The number of carbonyl (C=O) groups excluding carboxylic acids is 1. The summed E-state index contributed by atoms with van der Waals surface area (Å²) < 4.78 is 5.05. The minimum absolute atomic E-state index is 0.0602. The fourth-order valence-electron chi connectivity index (χ4n) is 4.11. The molecule has 0 aromatic carbocycles. The number of aryl methyl sites for hydroxylation is 1. The summed E-state index contributed by atoms with van der Waals surface area (Å²) in [6.07, 6.45) is 7.32. The van der Waals surface area contributed by atoms with Gasteiger partial charge < -0.3 is 9.42 Å². The van der Waals surface area contributed by atoms with E-state index in [4.69, 9.17) is 4.52 Å². The SMILES string of the molecule is Cc1cc(NC(=O)N2C[C@@H]3[C@H](C2)[C@H]2C=C[C@@H]3CC2)on1. The van der Waals surface area contributed by atoms with Crippen molar-refractivity contribution in [3.63, 3.8) is 0 Å². The van der Waals surface area contributed by atoms with Gasteiger partial charge in [0.15, 0.2) is 0 Å². The molecule has 3 aliphatic carbocycles. The monoisotopic (exact) mass is 273 g/mol. The average Bonchev–Trinajstić information content (AvgIpc) is 3.07. The highest BCUT2D eigenvalue weighted by Crippen LogP contribution is 2.48. The lowest BCUT2D eigenvalue weighted by Crippen LogP contribution is -2.35. The third kappa shape index (κ3) is 1.84. The Bertz CT molecular complexity index is 543. The first-order valence-electron chi connectivity index (χ1n) is 7.38. The number of nitrogens with one attached hydrogen (secondary N) is 1. The molecule has 1 aromatic heterocycles. The average molecular weight is 273 g/mol. The van der Waals surface area contributed by atoms with Gasteiger partial charge in [0, 0.05) is 19.2 Å². The molecule has 1 saturated carbocycles. The maximum atomic E-state index is 12.3. The van der Waals surface area contributed by atoms with Crippen LogP contribution < -0.4 is 5.32 Å². The minimum Gasteiger partial charge on any atom is -0.338 e. The maximum Gasteiger partial charge on any atom is 0.324 e. The molecule has 1 N–H and O–H groups in total. The Morgan fingerprint density at radius 1 is 1.30 bits per heavy atom. The first-order valence-corrected chi connectivity index (χ1v) is 7.38. The van der Waals surface area contributed by atoms with Gasteiger partial charge in [0.2, 0.25) is 5.88 Å². The number of hydrogen-bond acceptors (Lipinski definition) is 3. The number of anilines is 1. The Kier molecular flexibility index (Phi) is 2.62. The first kappa shape index (κ1) is 12.0. The molecule has 2 fully saturated rings. The lowest BCUT2D eigenvalue weighted by atomic mass is 9.64. The van der Waals surface area contributed by atoms with Crippen LogP contribution in [0.2, 0.25) is 0 Å². The second-order valence-corrected chi connectivity index (χ2v) is 6.29. The fourth-order valence-corrected chi connectivity index (χ4v) is 4.11. The lowest BCUT2D eigenvalue weighted by molar-refractivity contribution is 0.169. The Morgan fingerprint density at radius 2 is 1.95 bits per heavy atom. The van der Waals surface area contributed by atoms with E-state index in [2.05, 4.69) is 22.6 Å². The summed E-state index contributed by atoms with van der Waals surface area (Å²) in [7, 11) is 0. The highest BCUT2D eigenvalue weighted by atomic mass is 16.5. The number of urea groups is 1. The van der Waals surface area contributed by atoms with Crippen molar-refractivity contribution in [3.05, 3.63) is 23.9 Å². The van der Waals surface area contributed by atoms with Gasteiger partial charge in [0.05, 0.1) is 5.69 Å². The molecular weight excluding hydrogens is 254 g/mol. The number of hydrogen-bond donors (Lipinski definition) is 1. The fraction of sp³-hybridized carbons (Fsp3) is 0.600. The first-order chi connectivity index (χ1) is 9.70. The van der Waals surface area contributed by atoms with Crippen LogP contribution in [0.15, 0.2) is 22.7 Å². The van der Waals surface area contributed by atoms with Crippen LogP contribution in [-0.2, 0) is 0 Å². The molecule has 1 aromatic rings. The van der Waals surface area contributed by atoms with E-state index in [0.29, 0.717) is 29.6 Å². The quantitative estimate of drug-likeness (QED) is 0.800. The molecular formula is C15H19N3O2. The van der Waals surface area contributed by atoms with Gasteiger partial charge in [0.1, 0.15) is 0 Å². The molecule has 5 heteroatoms. The summed E-state index contributed by atoms with van der Waals surface area (Å²) >= 11 is 0. The Hall–Kier alpha value is -1.78. The predicted octanol–water partition coefficient (Wildman–Crippen LogP) is 2.66. The summed E-state index contributed by atoms with van der Waals surface area (Å²) in [6, 6.07) is 1.68. The number of aromatic nitrogens is 1. The summed E-state index contributed by atoms with van der Waals surface area (Å²) in [5.74, 6) is 3.09. The Morgan fingerprint density at radius 3 is 2.45 bits per heavy atom. The van der Waals surface area contributed by atoms with Crippen molar-refractivity contribution in [1.82, 2.24) is 10.1 Å². The minimum atomic E-state index is -0.0602. The van der Waals surface area contributed by atoms with Crippen LogP contribution in [0, 0.1) is 30.6 Å². The van der Waals surface area contributed by atoms with Crippen molar-refractivity contribution < 1.29 is 9.32 Å². The normalized spacial score (nSPS) is 34.4. The number of nitrogens with zero attached hydrogens (tertiary/aromatic N) is 2. The van der Waals surface area contributed by atoms with E-state index >= 15 is 0 Å². The van der Waals surface area contributed by atoms with Crippen LogP contribution in [-0.4, -0.2) is 29.2 Å². The van der Waals surface area contributed by atoms with E-state index < -0.39 is 0 Å². The van der Waals surface area contributed by atoms with Crippen molar-refractivity contribution in [3.8, 4) is 0 Å². The molecule has 106 valence electrons. The van der Waals surface area contributed by atoms with E-state index in [-0.39, 0.29) is 6.03 Å². The van der Waals surface area contributed by atoms with Gasteiger partial charge in [-0.1, -0.05) is 17.3 Å². The third-order valence-corrected chi connectivity index (χ3v) is 5.10. The number of allylic oxidation sites excluding steroid dienone is 2. The van der Waals surface area contributed by atoms with E-state index in [1.54, 1.807) is 6.07 Å². The zero-order valence-electron chi connectivity index (χ0n) is 11.6. The summed E-state index contributed by atoms with van der Waals surface area (Å²) in [5.41, 5.74) is 0.776. The number of amides is 2. The van der Waals surface area contributed by atoms with Crippen LogP contribution in [0.1, 0.15) is 18.5 Å². The molecule has 5 rings (SSSR count). The Labute approximate surface area is 118 Å². The molecule has 1 saturated heterocycles. The topological polar surface area (TPSA) is 58.4 Å². The third-order valence-electron chi connectivity index (χ3n) is 5.10. The lowest BCUT2D eigenvalue weighted by Gasteiger charge is -2.40. The molecule has 20 heavy (non-hydrogen) atoms. The van der Waals surface area contributed by atoms with Crippen LogP contribution >= 0.6 is 0 Å². The van der Waals surface area contributed by atoms with Crippen molar-refractivity contribution >= 4 is 11.9 Å². The van der Waals surface area contributed by atoms with Crippen molar-refractivity contribution in [2.45, 2.75) is 19.8 Å². The Balaban J connectivity index is 1.45. The molecule has 1 aliphatic heterocycles. The van der Waals surface area contributed by atoms with E-state index in [1.807, 2.05) is 11.8 Å². The maximum absolute atomic E-state index is 12.3. The molecule has 0 spiro atoms. The molecule has 0 radical (unpaired) electrons. The van der Waals surface area contributed by atoms with Crippen molar-refractivity contribution in [1.29, 1.82) is 0 Å². The molecule has 2 amide bonds. The van der Waals surface area contributed by atoms with Crippen molar-refractivity contribution in [2.75, 3.05) is 18.4 Å². The number of carbonyl (C=O) groups is 1. The summed E-state index contributed by atoms with van der Waals surface area (Å²) in [4.78, 5) is 14.2. The van der Waals surface area contributed by atoms with Gasteiger partial charge in [-0.05, 0) is 43.4 Å². The van der Waals surface area contributed by atoms with E-state index in [1.165, 1.54) is 12.8 Å². The standard InChI is InChI=1S/C15H19N3O2/c1-9-6-14(20-17-9)16-15(19)18-7-12-10-2-3-11(5-4-10)13(12)8-18/h2-3,6,10-13H,4-5,7-8H2,1H3,(H,16,19)/t10-,11+,12+,13-. The molecule has 0 unspecified atom stereocenters. The van der Waals surface area contributed by atoms with Gasteiger partial charge in [-0.25, -0.2) is 4.79 Å². The van der Waals surface area contributed by atoms with Gasteiger partial charge >= 0.3 is 6.03 Å². The second-order valence-electron chi connectivity index (χ2n) is 6.29. The number of likely N-dealkylation sites (tertiary alicyclic amines) is 1. The second kappa shape index (κ2) is 4.36. The zero-order valence-corrected chi connectivity index (χ0v) is 11.6. The molecule has 4 atom stereocenters. The smallest absolute Gasteiger partial charge is 0.324 e. The number of fused-ring (bicyclic) bond motifs is 1. The van der Waals surface area contributed by atoms with E-state index in [0.717, 1.165) is 18.8 Å². The highest BCUT2D eigenvalue weighted by molar-refractivity contribution is 5.88. The predicted molar refractivity (Wildman–Crippen MR) is 74.2 cm³/mol. The van der Waals surface area contributed by atoms with Crippen LogP contribution in [0.3, 0.4) is 0 Å². The number of rotatable bonds is 1. The highest BCUT2D eigenvalue weighted by Gasteiger charge is 2.47. The molecule has 2 bridgehead atoms. The van der Waals surface area contributed by atoms with Crippen LogP contribution in [0.25, 0.3) is 0 Å². The van der Waals surface area contributed by atoms with Crippen molar-refractivity contribution in [2.24, 2.45) is 23.7 Å². The van der Waals surface area contributed by atoms with Crippen LogP contribution in [0.4, 0.5) is 10.7 Å². The van der Waals surface area contributed by atoms with Crippen LogP contribution in [0.5, 0.6) is 0 Å². The molecule has 5 nitrogen and oxygen atoms in total. The molecule has 4 aliphatic rings. The van der Waals surface area contributed by atoms with Gasteiger partial charge in [-0.2, -0.15) is 0 Å². The van der Waals surface area contributed by atoms with Gasteiger partial charge in [0.25, 0.3) is 0 Å².